The smallest absolute Gasteiger partial charge is 0.319 e. The van der Waals surface area contributed by atoms with Gasteiger partial charge in [0.1, 0.15) is 39.7 Å². The van der Waals surface area contributed by atoms with Crippen LogP contribution in [0.25, 0.3) is 32.2 Å². The van der Waals surface area contributed by atoms with Crippen molar-refractivity contribution in [2.75, 3.05) is 50.0 Å². The average Bonchev–Trinajstić information content (AvgIpc) is 3.61. The fraction of sp³-hybridized carbons (Fsp3) is 0.515. The molecule has 2 bridgehead atoms. The Kier molecular flexibility index (Phi) is 7.43. The van der Waals surface area contributed by atoms with Crippen molar-refractivity contribution >= 4 is 43.1 Å². The van der Waals surface area contributed by atoms with E-state index in [0.717, 1.165) is 50.1 Å². The molecule has 4 aliphatic rings. The highest BCUT2D eigenvalue weighted by Crippen LogP contribution is 2.48. The Morgan fingerprint density at radius 2 is 1.91 bits per heavy atom. The van der Waals surface area contributed by atoms with Gasteiger partial charge < -0.3 is 25.4 Å². The van der Waals surface area contributed by atoms with Crippen LogP contribution in [-0.4, -0.2) is 83.5 Å². The lowest BCUT2D eigenvalue weighted by Crippen LogP contribution is -2.51. The van der Waals surface area contributed by atoms with Gasteiger partial charge in [-0.3, -0.25) is 9.88 Å². The Balaban J connectivity index is 1.21. The minimum Gasteiger partial charge on any atom is -0.463 e. The van der Waals surface area contributed by atoms with E-state index in [9.17, 15) is 9.65 Å². The standard InChI is InChI=1S/C33H35F3N8O2S/c1-16-13-45-17(2)10-44(16)14-33(5-6-33)15-46-32-41-27-21(31(42-32)43-11-18-3-4-19(12-43)40-18)9-39-28(26(27)36)25-22(34)7-23(35)29-24(25)20(8-37)30(38)47-29/h7,9,16-19,40H,3-6,10-15,38H2,1-2H3/t16-,17+,18?,19?/m0/s1. The van der Waals surface area contributed by atoms with E-state index in [1.165, 1.54) is 6.20 Å². The Hall–Kier alpha value is -3.77. The lowest BCUT2D eigenvalue weighted by Gasteiger charge is -2.38. The number of thiophene rings is 1. The van der Waals surface area contributed by atoms with E-state index in [2.05, 4.69) is 38.9 Å². The zero-order chi connectivity index (χ0) is 32.6. The molecular weight excluding hydrogens is 629 g/mol. The summed E-state index contributed by atoms with van der Waals surface area (Å²) in [6, 6.07) is 3.48. The summed E-state index contributed by atoms with van der Waals surface area (Å²) in [5, 5.41) is 13.7. The molecule has 0 radical (unpaired) electrons. The quantitative estimate of drug-likeness (QED) is 0.279. The molecule has 0 spiro atoms. The SMILES string of the molecule is C[C@@H]1CN(CC2(COc3nc(N4CC5CCC(C4)N5)c4cnc(-c5c(F)cc(F)c6sc(N)c(C#N)c56)c(F)c4n3)CC2)[C@@H](C)CO1. The van der Waals surface area contributed by atoms with Gasteiger partial charge in [0.15, 0.2) is 5.82 Å². The Bertz CT molecular complexity index is 1930. The molecule has 10 nitrogen and oxygen atoms in total. The van der Waals surface area contributed by atoms with Crippen molar-refractivity contribution in [2.24, 2.45) is 5.41 Å². The number of morpholine rings is 1. The highest BCUT2D eigenvalue weighted by molar-refractivity contribution is 7.23. The maximum Gasteiger partial charge on any atom is 0.319 e. The van der Waals surface area contributed by atoms with E-state index in [-0.39, 0.29) is 67.0 Å². The van der Waals surface area contributed by atoms with Gasteiger partial charge in [-0.1, -0.05) is 0 Å². The number of anilines is 2. The third-order valence-corrected chi connectivity index (χ3v) is 11.2. The Morgan fingerprint density at radius 3 is 2.64 bits per heavy atom. The molecule has 3 N–H and O–H groups in total. The van der Waals surface area contributed by atoms with Crippen LogP contribution in [0.1, 0.15) is 45.1 Å². The molecule has 0 amide bonds. The van der Waals surface area contributed by atoms with Crippen LogP contribution in [0, 0.1) is 34.2 Å². The van der Waals surface area contributed by atoms with Crippen LogP contribution in [0.3, 0.4) is 0 Å². The summed E-state index contributed by atoms with van der Waals surface area (Å²) in [7, 11) is 0. The van der Waals surface area contributed by atoms with Crippen LogP contribution < -0.4 is 20.7 Å². The molecular formula is C33H35F3N8O2S. The average molecular weight is 665 g/mol. The zero-order valence-electron chi connectivity index (χ0n) is 26.2. The lowest BCUT2D eigenvalue weighted by molar-refractivity contribution is -0.0580. The third kappa shape index (κ3) is 5.33. The first-order valence-electron chi connectivity index (χ1n) is 16.1. The highest BCUT2D eigenvalue weighted by Gasteiger charge is 2.46. The number of benzene rings is 1. The number of pyridine rings is 1. The van der Waals surface area contributed by atoms with Gasteiger partial charge in [-0.05, 0) is 39.5 Å². The number of fused-ring (bicyclic) bond motifs is 4. The van der Waals surface area contributed by atoms with Crippen LogP contribution in [0.2, 0.25) is 0 Å². The normalized spacial score (nSPS) is 25.4. The van der Waals surface area contributed by atoms with Crippen molar-refractivity contribution in [3.05, 3.63) is 35.3 Å². The van der Waals surface area contributed by atoms with Crippen LogP contribution >= 0.6 is 11.3 Å². The van der Waals surface area contributed by atoms with E-state index in [0.29, 0.717) is 49.6 Å². The Labute approximate surface area is 273 Å². The van der Waals surface area contributed by atoms with E-state index >= 15 is 8.78 Å². The number of nitrogens with two attached hydrogens (primary N) is 1. The lowest BCUT2D eigenvalue weighted by atomic mass is 10.0. The molecule has 3 aromatic heterocycles. The number of ether oxygens (including phenoxy) is 2. The van der Waals surface area contributed by atoms with E-state index in [1.807, 2.05) is 6.07 Å². The van der Waals surface area contributed by atoms with Crippen molar-refractivity contribution in [3.8, 4) is 23.3 Å². The van der Waals surface area contributed by atoms with Gasteiger partial charge in [0.25, 0.3) is 0 Å². The number of nitriles is 1. The minimum atomic E-state index is -1.05. The number of aromatic nitrogens is 3. The van der Waals surface area contributed by atoms with Gasteiger partial charge in [0.05, 0.1) is 35.0 Å². The number of nitrogens with one attached hydrogen (secondary N) is 1. The molecule has 8 rings (SSSR count). The zero-order valence-corrected chi connectivity index (χ0v) is 27.0. The Morgan fingerprint density at radius 1 is 1.15 bits per heavy atom. The fourth-order valence-electron chi connectivity index (χ4n) is 7.40. The second-order valence-corrected chi connectivity index (χ2v) is 14.7. The molecule has 6 heterocycles. The molecule has 1 saturated carbocycles. The predicted molar refractivity (Wildman–Crippen MR) is 173 cm³/mol. The number of halogens is 3. The molecule has 3 saturated heterocycles. The second kappa shape index (κ2) is 11.4. The van der Waals surface area contributed by atoms with E-state index < -0.39 is 17.5 Å². The van der Waals surface area contributed by atoms with Crippen LogP contribution in [0.15, 0.2) is 12.3 Å². The van der Waals surface area contributed by atoms with Crippen molar-refractivity contribution < 1.29 is 22.6 Å². The van der Waals surface area contributed by atoms with Crippen molar-refractivity contribution in [3.63, 3.8) is 0 Å². The maximum absolute atomic E-state index is 16.7. The second-order valence-electron chi connectivity index (χ2n) is 13.6. The third-order valence-electron chi connectivity index (χ3n) is 10.1. The molecule has 4 atom stereocenters. The first-order valence-corrected chi connectivity index (χ1v) is 16.9. The summed E-state index contributed by atoms with van der Waals surface area (Å²) >= 11 is 0.809. The molecule has 14 heteroatoms. The molecule has 47 heavy (non-hydrogen) atoms. The van der Waals surface area contributed by atoms with Gasteiger partial charge in [-0.25, -0.2) is 13.2 Å². The highest BCUT2D eigenvalue weighted by atomic mass is 32.1. The molecule has 1 aromatic carbocycles. The molecule has 4 aromatic rings. The number of rotatable bonds is 7. The molecule has 2 unspecified atom stereocenters. The summed E-state index contributed by atoms with van der Waals surface area (Å²) in [4.78, 5) is 18.3. The summed E-state index contributed by atoms with van der Waals surface area (Å²) in [5.41, 5.74) is 5.00. The van der Waals surface area contributed by atoms with Gasteiger partial charge in [-0.15, -0.1) is 11.3 Å². The van der Waals surface area contributed by atoms with Crippen molar-refractivity contribution in [1.29, 1.82) is 5.26 Å². The van der Waals surface area contributed by atoms with E-state index in [1.54, 1.807) is 0 Å². The fourth-order valence-corrected chi connectivity index (χ4v) is 8.34. The molecule has 3 aliphatic heterocycles. The van der Waals surface area contributed by atoms with E-state index in [4.69, 9.17) is 20.2 Å². The van der Waals surface area contributed by atoms with Crippen molar-refractivity contribution in [2.45, 2.75) is 63.8 Å². The van der Waals surface area contributed by atoms with Gasteiger partial charge in [0.2, 0.25) is 0 Å². The van der Waals surface area contributed by atoms with Gasteiger partial charge in [0, 0.05) is 72.9 Å². The maximum atomic E-state index is 16.7. The first kappa shape index (κ1) is 30.6. The number of hydrogen-bond donors (Lipinski definition) is 2. The summed E-state index contributed by atoms with van der Waals surface area (Å²) < 4.78 is 59.2. The van der Waals surface area contributed by atoms with Crippen molar-refractivity contribution in [1.82, 2.24) is 25.2 Å². The summed E-state index contributed by atoms with van der Waals surface area (Å²) in [5.74, 6) is -2.35. The van der Waals surface area contributed by atoms with Crippen LogP contribution in [-0.2, 0) is 4.74 Å². The van der Waals surface area contributed by atoms with Gasteiger partial charge >= 0.3 is 6.01 Å². The molecule has 4 fully saturated rings. The van der Waals surface area contributed by atoms with Crippen LogP contribution in [0.4, 0.5) is 24.0 Å². The molecule has 246 valence electrons. The number of hydrogen-bond acceptors (Lipinski definition) is 11. The number of nitrogen functional groups attached to an aromatic ring is 1. The van der Waals surface area contributed by atoms with Gasteiger partial charge in [-0.2, -0.15) is 15.2 Å². The minimum absolute atomic E-state index is 0.0121. The summed E-state index contributed by atoms with van der Waals surface area (Å²) in [6.45, 7) is 8.36. The number of nitrogens with zero attached hydrogens (tertiary/aromatic N) is 6. The first-order chi connectivity index (χ1) is 22.6. The number of piperazine rings is 1. The topological polar surface area (TPSA) is 125 Å². The largest absolute Gasteiger partial charge is 0.463 e. The van der Waals surface area contributed by atoms with Crippen LogP contribution in [0.5, 0.6) is 6.01 Å². The monoisotopic (exact) mass is 664 g/mol. The summed E-state index contributed by atoms with van der Waals surface area (Å²) in [6.07, 6.45) is 5.67. The predicted octanol–water partition coefficient (Wildman–Crippen LogP) is 4.99. The molecule has 1 aliphatic carbocycles.